The Morgan fingerprint density at radius 1 is 1.45 bits per heavy atom. The van der Waals surface area contributed by atoms with Crippen LogP contribution in [0.5, 0.6) is 5.75 Å². The molecule has 0 aliphatic carbocycles. The number of anilines is 1. The zero-order valence-corrected chi connectivity index (χ0v) is 12.6. The van der Waals surface area contributed by atoms with Crippen LogP contribution in [0.25, 0.3) is 0 Å². The zero-order valence-electron chi connectivity index (χ0n) is 12.6. The fraction of sp³-hybridized carbons (Fsp3) is 0.562. The number of aromatic hydroxyl groups is 1. The van der Waals surface area contributed by atoms with Crippen LogP contribution in [0.1, 0.15) is 52.0 Å². The zero-order chi connectivity index (χ0) is 14.9. The first-order chi connectivity index (χ1) is 9.31. The lowest BCUT2D eigenvalue weighted by Crippen LogP contribution is -2.40. The van der Waals surface area contributed by atoms with Gasteiger partial charge < -0.3 is 9.84 Å². The molecule has 0 aromatic heterocycles. The van der Waals surface area contributed by atoms with E-state index in [-0.39, 0.29) is 11.8 Å². The minimum Gasteiger partial charge on any atom is -0.508 e. The molecule has 1 N–H and O–H groups in total. The Kier molecular flexibility index (Phi) is 3.93. The van der Waals surface area contributed by atoms with Gasteiger partial charge in [0.2, 0.25) is 0 Å². The SMILES string of the molecule is CCC1CCN(C(=O)OC(C)(C)C)c2cc(O)ccc21. The number of ether oxygens (including phenoxy) is 1. The van der Waals surface area contributed by atoms with Crippen LogP contribution < -0.4 is 4.90 Å². The van der Waals surface area contributed by atoms with Crippen molar-refractivity contribution >= 4 is 11.8 Å². The standard InChI is InChI=1S/C16H23NO3/c1-5-11-8-9-17(15(19)20-16(2,3)4)14-10-12(18)6-7-13(11)14/h6-7,10-11,18H,5,8-9H2,1-4H3. The van der Waals surface area contributed by atoms with Crippen LogP contribution in [0.15, 0.2) is 18.2 Å². The fourth-order valence-corrected chi connectivity index (χ4v) is 2.60. The van der Waals surface area contributed by atoms with Gasteiger partial charge in [-0.3, -0.25) is 4.90 Å². The molecule has 20 heavy (non-hydrogen) atoms. The van der Waals surface area contributed by atoms with Gasteiger partial charge in [-0.05, 0) is 51.2 Å². The van der Waals surface area contributed by atoms with Crippen LogP contribution >= 0.6 is 0 Å². The normalized spacial score (nSPS) is 18.6. The third-order valence-electron chi connectivity index (χ3n) is 3.55. The summed E-state index contributed by atoms with van der Waals surface area (Å²) in [6, 6.07) is 5.25. The monoisotopic (exact) mass is 277 g/mol. The molecule has 0 radical (unpaired) electrons. The van der Waals surface area contributed by atoms with Crippen LogP contribution in [0.4, 0.5) is 10.5 Å². The summed E-state index contributed by atoms with van der Waals surface area (Å²) in [5.74, 6) is 0.610. The van der Waals surface area contributed by atoms with Gasteiger partial charge in [0.15, 0.2) is 0 Å². The second-order valence-electron chi connectivity index (χ2n) is 6.27. The highest BCUT2D eigenvalue weighted by Crippen LogP contribution is 2.39. The van der Waals surface area contributed by atoms with Gasteiger partial charge in [0, 0.05) is 12.6 Å². The molecule has 1 atom stereocenters. The lowest BCUT2D eigenvalue weighted by molar-refractivity contribution is 0.0576. The van der Waals surface area contributed by atoms with E-state index in [0.717, 1.165) is 24.1 Å². The average Bonchev–Trinajstić information content (AvgIpc) is 2.34. The summed E-state index contributed by atoms with van der Waals surface area (Å²) in [7, 11) is 0. The number of carbonyl (C=O) groups is 1. The molecule has 1 aromatic carbocycles. The van der Waals surface area contributed by atoms with E-state index < -0.39 is 5.60 Å². The Labute approximate surface area is 120 Å². The largest absolute Gasteiger partial charge is 0.508 e. The average molecular weight is 277 g/mol. The van der Waals surface area contributed by atoms with Crippen molar-refractivity contribution in [2.75, 3.05) is 11.4 Å². The third-order valence-corrected chi connectivity index (χ3v) is 3.55. The van der Waals surface area contributed by atoms with Crippen molar-refractivity contribution < 1.29 is 14.6 Å². The minimum absolute atomic E-state index is 0.175. The van der Waals surface area contributed by atoms with E-state index in [4.69, 9.17) is 4.74 Å². The molecule has 1 aliphatic heterocycles. The number of hydrogen-bond acceptors (Lipinski definition) is 3. The molecular formula is C16H23NO3. The van der Waals surface area contributed by atoms with E-state index >= 15 is 0 Å². The van der Waals surface area contributed by atoms with Gasteiger partial charge in [0.1, 0.15) is 11.4 Å². The molecule has 0 bridgehead atoms. The van der Waals surface area contributed by atoms with Gasteiger partial charge in [0.05, 0.1) is 5.69 Å². The van der Waals surface area contributed by atoms with Crippen molar-refractivity contribution in [1.29, 1.82) is 0 Å². The predicted molar refractivity (Wildman–Crippen MR) is 79.3 cm³/mol. The summed E-state index contributed by atoms with van der Waals surface area (Å²) < 4.78 is 5.45. The first-order valence-corrected chi connectivity index (χ1v) is 7.15. The summed E-state index contributed by atoms with van der Waals surface area (Å²) in [4.78, 5) is 13.9. The third kappa shape index (κ3) is 3.06. The summed E-state index contributed by atoms with van der Waals surface area (Å²) in [5.41, 5.74) is 1.37. The second kappa shape index (κ2) is 5.35. The number of benzene rings is 1. The summed E-state index contributed by atoms with van der Waals surface area (Å²) >= 11 is 0. The number of nitrogens with zero attached hydrogens (tertiary/aromatic N) is 1. The molecule has 0 fully saturated rings. The van der Waals surface area contributed by atoms with Crippen molar-refractivity contribution in [2.24, 2.45) is 0 Å². The molecule has 0 saturated carbocycles. The molecular weight excluding hydrogens is 254 g/mol. The van der Waals surface area contributed by atoms with E-state index in [2.05, 4.69) is 6.92 Å². The molecule has 1 amide bonds. The first-order valence-electron chi connectivity index (χ1n) is 7.15. The smallest absolute Gasteiger partial charge is 0.414 e. The topological polar surface area (TPSA) is 49.8 Å². The number of hydrogen-bond donors (Lipinski definition) is 1. The van der Waals surface area contributed by atoms with Crippen LogP contribution in [-0.2, 0) is 4.74 Å². The molecule has 1 aromatic rings. The van der Waals surface area contributed by atoms with Crippen molar-refractivity contribution in [1.82, 2.24) is 0 Å². The second-order valence-corrected chi connectivity index (χ2v) is 6.27. The van der Waals surface area contributed by atoms with Gasteiger partial charge in [-0.15, -0.1) is 0 Å². The molecule has 0 saturated heterocycles. The minimum atomic E-state index is -0.518. The molecule has 1 heterocycles. The Balaban J connectivity index is 2.33. The first kappa shape index (κ1) is 14.7. The molecule has 0 spiro atoms. The van der Waals surface area contributed by atoms with E-state index in [1.54, 1.807) is 17.0 Å². The molecule has 110 valence electrons. The van der Waals surface area contributed by atoms with E-state index in [1.165, 1.54) is 0 Å². The highest BCUT2D eigenvalue weighted by atomic mass is 16.6. The van der Waals surface area contributed by atoms with Crippen molar-refractivity contribution in [3.05, 3.63) is 23.8 Å². The highest BCUT2D eigenvalue weighted by Gasteiger charge is 2.31. The van der Waals surface area contributed by atoms with Crippen LogP contribution in [-0.4, -0.2) is 23.3 Å². The van der Waals surface area contributed by atoms with Gasteiger partial charge in [-0.2, -0.15) is 0 Å². The Hall–Kier alpha value is -1.71. The van der Waals surface area contributed by atoms with E-state index in [9.17, 15) is 9.90 Å². The van der Waals surface area contributed by atoms with Gasteiger partial charge >= 0.3 is 6.09 Å². The van der Waals surface area contributed by atoms with Crippen LogP contribution in [0.3, 0.4) is 0 Å². The Morgan fingerprint density at radius 2 is 2.15 bits per heavy atom. The maximum absolute atomic E-state index is 12.3. The maximum atomic E-state index is 12.3. The van der Waals surface area contributed by atoms with Gasteiger partial charge in [0.25, 0.3) is 0 Å². The number of phenols is 1. The van der Waals surface area contributed by atoms with E-state index in [1.807, 2.05) is 26.8 Å². The van der Waals surface area contributed by atoms with Gasteiger partial charge in [-0.1, -0.05) is 13.0 Å². The summed E-state index contributed by atoms with van der Waals surface area (Å²) in [5, 5.41) is 9.70. The number of fused-ring (bicyclic) bond motifs is 1. The number of phenolic OH excluding ortho intramolecular Hbond substituents is 1. The lowest BCUT2D eigenvalue weighted by Gasteiger charge is -2.35. The van der Waals surface area contributed by atoms with Crippen LogP contribution in [0.2, 0.25) is 0 Å². The molecule has 1 aliphatic rings. The van der Waals surface area contributed by atoms with Gasteiger partial charge in [-0.25, -0.2) is 4.79 Å². The fourth-order valence-electron chi connectivity index (χ4n) is 2.60. The molecule has 2 rings (SSSR count). The van der Waals surface area contributed by atoms with Crippen LogP contribution in [0, 0.1) is 0 Å². The molecule has 1 unspecified atom stereocenters. The van der Waals surface area contributed by atoms with Crippen molar-refractivity contribution in [2.45, 2.75) is 52.1 Å². The van der Waals surface area contributed by atoms with Crippen molar-refractivity contribution in [3.8, 4) is 5.75 Å². The predicted octanol–water partition coefficient (Wildman–Crippen LogP) is 4.03. The molecule has 4 nitrogen and oxygen atoms in total. The Bertz CT molecular complexity index is 505. The highest BCUT2D eigenvalue weighted by molar-refractivity contribution is 5.90. The number of amides is 1. The number of carbonyl (C=O) groups excluding carboxylic acids is 1. The van der Waals surface area contributed by atoms with E-state index in [0.29, 0.717) is 12.5 Å². The quantitative estimate of drug-likeness (QED) is 0.843. The molecule has 4 heteroatoms. The van der Waals surface area contributed by atoms with Crippen molar-refractivity contribution in [3.63, 3.8) is 0 Å². The lowest BCUT2D eigenvalue weighted by atomic mass is 9.88. The summed E-state index contributed by atoms with van der Waals surface area (Å²) in [6.45, 7) is 8.33. The summed E-state index contributed by atoms with van der Waals surface area (Å²) in [6.07, 6.45) is 1.60. The Morgan fingerprint density at radius 3 is 2.75 bits per heavy atom. The maximum Gasteiger partial charge on any atom is 0.414 e. The number of rotatable bonds is 1.